The van der Waals surface area contributed by atoms with Gasteiger partial charge in [-0.2, -0.15) is 0 Å². The van der Waals surface area contributed by atoms with Crippen molar-refractivity contribution in [1.29, 1.82) is 0 Å². The predicted molar refractivity (Wildman–Crippen MR) is 78.9 cm³/mol. The summed E-state index contributed by atoms with van der Waals surface area (Å²) in [5.74, 6) is 1.95. The van der Waals surface area contributed by atoms with E-state index in [1.807, 2.05) is 0 Å². The molecule has 1 saturated heterocycles. The highest BCUT2D eigenvalue weighted by atomic mass is 15.1. The van der Waals surface area contributed by atoms with E-state index in [4.69, 9.17) is 0 Å². The molecule has 18 heavy (non-hydrogen) atoms. The van der Waals surface area contributed by atoms with Gasteiger partial charge in [0, 0.05) is 19.1 Å². The Hall–Kier alpha value is -0.0800. The molecular weight excluding hydrogens is 220 g/mol. The molecule has 0 aromatic carbocycles. The van der Waals surface area contributed by atoms with Crippen molar-refractivity contribution >= 4 is 0 Å². The van der Waals surface area contributed by atoms with Crippen LogP contribution in [0.1, 0.15) is 58.8 Å². The van der Waals surface area contributed by atoms with Gasteiger partial charge in [-0.1, -0.05) is 33.1 Å². The standard InChI is InChI=1S/C16H32N2/c1-3-15-7-10-18(11-8-15)12-9-17-16-6-4-5-14(2)13-16/h14-17H,3-13H2,1-2H3. The Bertz CT molecular complexity index is 221. The molecule has 0 radical (unpaired) electrons. The highest BCUT2D eigenvalue weighted by Crippen LogP contribution is 2.23. The fourth-order valence-corrected chi connectivity index (χ4v) is 3.66. The lowest BCUT2D eigenvalue weighted by Crippen LogP contribution is -2.41. The normalized spacial score (nSPS) is 31.7. The van der Waals surface area contributed by atoms with Crippen LogP contribution in [0, 0.1) is 11.8 Å². The van der Waals surface area contributed by atoms with Gasteiger partial charge < -0.3 is 10.2 Å². The Morgan fingerprint density at radius 1 is 1.11 bits per heavy atom. The zero-order valence-corrected chi connectivity index (χ0v) is 12.5. The van der Waals surface area contributed by atoms with Crippen LogP contribution in [0.15, 0.2) is 0 Å². The van der Waals surface area contributed by atoms with Crippen molar-refractivity contribution < 1.29 is 0 Å². The van der Waals surface area contributed by atoms with Gasteiger partial charge in [0.1, 0.15) is 0 Å². The molecule has 1 saturated carbocycles. The summed E-state index contributed by atoms with van der Waals surface area (Å²) in [7, 11) is 0. The number of hydrogen-bond donors (Lipinski definition) is 1. The highest BCUT2D eigenvalue weighted by molar-refractivity contribution is 4.77. The Balaban J connectivity index is 1.55. The van der Waals surface area contributed by atoms with Crippen molar-refractivity contribution in [2.45, 2.75) is 64.8 Å². The quantitative estimate of drug-likeness (QED) is 0.808. The first-order chi connectivity index (χ1) is 8.78. The zero-order chi connectivity index (χ0) is 12.8. The molecule has 0 spiro atoms. The van der Waals surface area contributed by atoms with Crippen LogP contribution in [0.3, 0.4) is 0 Å². The van der Waals surface area contributed by atoms with Crippen molar-refractivity contribution in [2.24, 2.45) is 11.8 Å². The third-order valence-electron chi connectivity index (χ3n) is 5.08. The molecule has 1 aliphatic carbocycles. The smallest absolute Gasteiger partial charge is 0.0107 e. The van der Waals surface area contributed by atoms with Gasteiger partial charge in [0.25, 0.3) is 0 Å². The summed E-state index contributed by atoms with van der Waals surface area (Å²) in [4.78, 5) is 2.66. The molecule has 2 nitrogen and oxygen atoms in total. The largest absolute Gasteiger partial charge is 0.313 e. The molecule has 106 valence electrons. The summed E-state index contributed by atoms with van der Waals surface area (Å²) in [6.07, 6.45) is 9.92. The molecule has 0 aromatic heterocycles. The van der Waals surface area contributed by atoms with Gasteiger partial charge in [-0.15, -0.1) is 0 Å². The fourth-order valence-electron chi connectivity index (χ4n) is 3.66. The predicted octanol–water partition coefficient (Wildman–Crippen LogP) is 3.28. The second-order valence-electron chi connectivity index (χ2n) is 6.62. The van der Waals surface area contributed by atoms with Gasteiger partial charge in [-0.05, 0) is 50.6 Å². The summed E-state index contributed by atoms with van der Waals surface area (Å²) in [5, 5.41) is 3.78. The first kappa shape index (κ1) is 14.3. The lowest BCUT2D eigenvalue weighted by Gasteiger charge is -2.33. The molecule has 2 fully saturated rings. The lowest BCUT2D eigenvalue weighted by molar-refractivity contribution is 0.178. The first-order valence-electron chi connectivity index (χ1n) is 8.23. The SMILES string of the molecule is CCC1CCN(CCNC2CCCC(C)C2)CC1. The minimum atomic E-state index is 0.807. The van der Waals surface area contributed by atoms with Crippen LogP contribution in [0.2, 0.25) is 0 Å². The Morgan fingerprint density at radius 2 is 1.89 bits per heavy atom. The summed E-state index contributed by atoms with van der Waals surface area (Å²) in [5.41, 5.74) is 0. The van der Waals surface area contributed by atoms with Crippen LogP contribution in [-0.2, 0) is 0 Å². The molecule has 0 bridgehead atoms. The van der Waals surface area contributed by atoms with E-state index in [0.29, 0.717) is 0 Å². The number of rotatable bonds is 5. The maximum absolute atomic E-state index is 3.78. The third kappa shape index (κ3) is 4.55. The van der Waals surface area contributed by atoms with Crippen molar-refractivity contribution in [3.63, 3.8) is 0 Å². The van der Waals surface area contributed by atoms with Crippen molar-refractivity contribution in [1.82, 2.24) is 10.2 Å². The molecule has 2 unspecified atom stereocenters. The maximum Gasteiger partial charge on any atom is 0.0107 e. The Kier molecular flexibility index (Phi) is 5.97. The van der Waals surface area contributed by atoms with E-state index in [-0.39, 0.29) is 0 Å². The highest BCUT2D eigenvalue weighted by Gasteiger charge is 2.20. The van der Waals surface area contributed by atoms with E-state index in [1.165, 1.54) is 71.1 Å². The maximum atomic E-state index is 3.78. The van der Waals surface area contributed by atoms with Crippen LogP contribution < -0.4 is 5.32 Å². The van der Waals surface area contributed by atoms with E-state index < -0.39 is 0 Å². The number of likely N-dealkylation sites (tertiary alicyclic amines) is 1. The molecule has 1 aliphatic heterocycles. The molecule has 2 atom stereocenters. The number of nitrogens with one attached hydrogen (secondary N) is 1. The number of piperidine rings is 1. The number of hydrogen-bond acceptors (Lipinski definition) is 2. The lowest BCUT2D eigenvalue weighted by atomic mass is 9.87. The second kappa shape index (κ2) is 7.49. The van der Waals surface area contributed by atoms with Gasteiger partial charge in [0.05, 0.1) is 0 Å². The van der Waals surface area contributed by atoms with Gasteiger partial charge in [-0.25, -0.2) is 0 Å². The summed E-state index contributed by atoms with van der Waals surface area (Å²) < 4.78 is 0. The molecule has 2 rings (SSSR count). The summed E-state index contributed by atoms with van der Waals surface area (Å²) >= 11 is 0. The average Bonchev–Trinajstić information content (AvgIpc) is 2.40. The van der Waals surface area contributed by atoms with Gasteiger partial charge in [0.2, 0.25) is 0 Å². The van der Waals surface area contributed by atoms with Gasteiger partial charge >= 0.3 is 0 Å². The number of nitrogens with zero attached hydrogens (tertiary/aromatic N) is 1. The molecule has 1 heterocycles. The van der Waals surface area contributed by atoms with Crippen LogP contribution in [0.5, 0.6) is 0 Å². The zero-order valence-electron chi connectivity index (χ0n) is 12.5. The molecule has 1 N–H and O–H groups in total. The topological polar surface area (TPSA) is 15.3 Å². The first-order valence-corrected chi connectivity index (χ1v) is 8.23. The van der Waals surface area contributed by atoms with Gasteiger partial charge in [-0.3, -0.25) is 0 Å². The van der Waals surface area contributed by atoms with E-state index in [9.17, 15) is 0 Å². The average molecular weight is 252 g/mol. The molecule has 2 heteroatoms. The Labute approximate surface area is 114 Å². The minimum absolute atomic E-state index is 0.807. The molecule has 2 aliphatic rings. The molecular formula is C16H32N2. The summed E-state index contributed by atoms with van der Waals surface area (Å²) in [6.45, 7) is 9.88. The third-order valence-corrected chi connectivity index (χ3v) is 5.08. The Morgan fingerprint density at radius 3 is 2.56 bits per heavy atom. The monoisotopic (exact) mass is 252 g/mol. The van der Waals surface area contributed by atoms with Crippen LogP contribution in [0.4, 0.5) is 0 Å². The van der Waals surface area contributed by atoms with Crippen molar-refractivity contribution in [2.75, 3.05) is 26.2 Å². The van der Waals surface area contributed by atoms with Crippen LogP contribution in [-0.4, -0.2) is 37.1 Å². The van der Waals surface area contributed by atoms with Crippen LogP contribution >= 0.6 is 0 Å². The van der Waals surface area contributed by atoms with Crippen molar-refractivity contribution in [3.8, 4) is 0 Å². The van der Waals surface area contributed by atoms with E-state index in [2.05, 4.69) is 24.1 Å². The molecule has 0 aromatic rings. The molecule has 0 amide bonds. The second-order valence-corrected chi connectivity index (χ2v) is 6.62. The summed E-state index contributed by atoms with van der Waals surface area (Å²) in [6, 6.07) is 0.807. The minimum Gasteiger partial charge on any atom is -0.313 e. The van der Waals surface area contributed by atoms with E-state index in [0.717, 1.165) is 17.9 Å². The van der Waals surface area contributed by atoms with E-state index in [1.54, 1.807) is 0 Å². The van der Waals surface area contributed by atoms with Gasteiger partial charge in [0.15, 0.2) is 0 Å². The van der Waals surface area contributed by atoms with Crippen LogP contribution in [0.25, 0.3) is 0 Å². The van der Waals surface area contributed by atoms with E-state index >= 15 is 0 Å². The van der Waals surface area contributed by atoms with Crippen molar-refractivity contribution in [3.05, 3.63) is 0 Å². The fraction of sp³-hybridized carbons (Fsp3) is 1.00.